The van der Waals surface area contributed by atoms with Crippen molar-refractivity contribution in [1.29, 1.82) is 0 Å². The molecule has 1 aromatic heterocycles. The molecule has 3 heteroatoms. The molecule has 0 saturated carbocycles. The maximum absolute atomic E-state index is 5.09. The fraction of sp³-hybridized carbons (Fsp3) is 0.381. The van der Waals surface area contributed by atoms with Gasteiger partial charge < -0.3 is 0 Å². The highest BCUT2D eigenvalue weighted by molar-refractivity contribution is 7.65. The highest BCUT2D eigenvalue weighted by Gasteiger charge is 2.20. The third-order valence-corrected chi connectivity index (χ3v) is 6.98. The Morgan fingerprint density at radius 1 is 0.833 bits per heavy atom. The maximum Gasteiger partial charge on any atom is 0.137 e. The van der Waals surface area contributed by atoms with Crippen LogP contribution in [-0.4, -0.2) is 21.9 Å². The summed E-state index contributed by atoms with van der Waals surface area (Å²) in [4.78, 5) is 5.09. The van der Waals surface area contributed by atoms with Crippen LogP contribution in [0, 0.1) is 0 Å². The summed E-state index contributed by atoms with van der Waals surface area (Å²) in [5, 5.41) is 0. The summed E-state index contributed by atoms with van der Waals surface area (Å²) >= 11 is 0. The molecule has 0 unspecified atom stereocenters. The summed E-state index contributed by atoms with van der Waals surface area (Å²) < 4.78 is 2.41. The van der Waals surface area contributed by atoms with Gasteiger partial charge in [-0.15, -0.1) is 0 Å². The molecule has 0 amide bonds. The Bertz CT molecular complexity index is 756. The molecular weight excluding hydrogens is 311 g/mol. The van der Waals surface area contributed by atoms with Gasteiger partial charge in [-0.1, -0.05) is 57.0 Å². The molecule has 3 aromatic rings. The van der Waals surface area contributed by atoms with Gasteiger partial charge in [-0.3, -0.25) is 4.57 Å². The van der Waals surface area contributed by atoms with Gasteiger partial charge in [0.1, 0.15) is 5.57 Å². The molecule has 0 aliphatic carbocycles. The number of para-hydroxylation sites is 3. The molecule has 0 fully saturated rings. The van der Waals surface area contributed by atoms with Gasteiger partial charge in [0.05, 0.1) is 11.0 Å². The van der Waals surface area contributed by atoms with Gasteiger partial charge in [0.2, 0.25) is 0 Å². The van der Waals surface area contributed by atoms with Crippen LogP contribution in [0.25, 0.3) is 16.7 Å². The van der Waals surface area contributed by atoms with E-state index in [-0.39, 0.29) is 7.92 Å². The molecule has 2 nitrogen and oxygen atoms in total. The second kappa shape index (κ2) is 8.44. The summed E-state index contributed by atoms with van der Waals surface area (Å²) in [6, 6.07) is 19.3. The van der Waals surface area contributed by atoms with Gasteiger partial charge in [0.15, 0.2) is 0 Å². The first kappa shape index (κ1) is 17.2. The first-order valence-electron chi connectivity index (χ1n) is 9.13. The van der Waals surface area contributed by atoms with Crippen LogP contribution in [0.3, 0.4) is 0 Å². The summed E-state index contributed by atoms with van der Waals surface area (Å²) in [5.41, 5.74) is 4.90. The topological polar surface area (TPSA) is 17.8 Å². The average molecular weight is 338 g/mol. The Labute approximate surface area is 146 Å². The van der Waals surface area contributed by atoms with E-state index in [1.54, 1.807) is 0 Å². The highest BCUT2D eigenvalue weighted by Crippen LogP contribution is 2.38. The minimum Gasteiger partial charge on any atom is -0.293 e. The number of unbranched alkanes of at least 4 members (excludes halogenated alkanes) is 2. The Kier molecular flexibility index (Phi) is 6.04. The van der Waals surface area contributed by atoms with Gasteiger partial charge in [0, 0.05) is 5.69 Å². The van der Waals surface area contributed by atoms with Crippen molar-refractivity contribution < 1.29 is 0 Å². The van der Waals surface area contributed by atoms with Gasteiger partial charge in [-0.05, 0) is 57.4 Å². The molecule has 24 heavy (non-hydrogen) atoms. The van der Waals surface area contributed by atoms with Gasteiger partial charge in [0.25, 0.3) is 0 Å². The third kappa shape index (κ3) is 3.70. The van der Waals surface area contributed by atoms with Crippen molar-refractivity contribution in [3.05, 3.63) is 54.6 Å². The molecule has 0 bridgehead atoms. The number of imidazole rings is 1. The third-order valence-electron chi connectivity index (χ3n) is 4.40. The van der Waals surface area contributed by atoms with Gasteiger partial charge in [-0.2, -0.15) is 0 Å². The van der Waals surface area contributed by atoms with Crippen molar-refractivity contribution in [1.82, 2.24) is 9.55 Å². The fourth-order valence-corrected chi connectivity index (χ4v) is 5.84. The van der Waals surface area contributed by atoms with E-state index < -0.39 is 0 Å². The minimum atomic E-state index is -0.207. The van der Waals surface area contributed by atoms with Crippen molar-refractivity contribution in [2.45, 2.75) is 39.5 Å². The lowest BCUT2D eigenvalue weighted by atomic mass is 10.3. The fourth-order valence-electron chi connectivity index (χ4n) is 3.07. The smallest absolute Gasteiger partial charge is 0.137 e. The van der Waals surface area contributed by atoms with E-state index in [1.165, 1.54) is 54.8 Å². The summed E-state index contributed by atoms with van der Waals surface area (Å²) in [6.45, 7) is 4.57. The Balaban J connectivity index is 2.11. The zero-order valence-electron chi connectivity index (χ0n) is 14.8. The molecule has 0 aliphatic heterocycles. The summed E-state index contributed by atoms with van der Waals surface area (Å²) in [6.07, 6.45) is 7.71. The lowest BCUT2D eigenvalue weighted by molar-refractivity contribution is 0.869. The minimum absolute atomic E-state index is 0.207. The molecule has 2 aromatic carbocycles. The predicted molar refractivity (Wildman–Crippen MR) is 107 cm³/mol. The molecule has 3 rings (SSSR count). The van der Waals surface area contributed by atoms with E-state index in [1.807, 2.05) is 0 Å². The van der Waals surface area contributed by atoms with Crippen LogP contribution in [-0.2, 0) is 0 Å². The molecule has 126 valence electrons. The number of hydrogen-bond donors (Lipinski definition) is 0. The first-order chi connectivity index (χ1) is 11.8. The van der Waals surface area contributed by atoms with Crippen molar-refractivity contribution >= 4 is 24.5 Å². The number of fused-ring (bicyclic) bond motifs is 1. The number of nitrogens with zero attached hydrogens (tertiary/aromatic N) is 2. The van der Waals surface area contributed by atoms with Crippen LogP contribution in [0.2, 0.25) is 0 Å². The van der Waals surface area contributed by atoms with E-state index in [0.29, 0.717) is 0 Å². The lowest BCUT2D eigenvalue weighted by Gasteiger charge is -2.19. The number of aromatic nitrogens is 2. The normalized spacial score (nSPS) is 11.5. The highest BCUT2D eigenvalue weighted by atomic mass is 31.1. The first-order valence-corrected chi connectivity index (χ1v) is 10.8. The molecule has 1 heterocycles. The van der Waals surface area contributed by atoms with E-state index >= 15 is 0 Å². The second-order valence-electron chi connectivity index (χ2n) is 6.27. The van der Waals surface area contributed by atoms with Crippen LogP contribution in [0.1, 0.15) is 39.5 Å². The van der Waals surface area contributed by atoms with Crippen molar-refractivity contribution in [2.24, 2.45) is 0 Å². The molecule has 0 aliphatic rings. The number of rotatable bonds is 8. The van der Waals surface area contributed by atoms with Gasteiger partial charge in [-0.25, -0.2) is 4.98 Å². The zero-order chi connectivity index (χ0) is 16.8. The lowest BCUT2D eigenvalue weighted by Crippen LogP contribution is -2.19. The van der Waals surface area contributed by atoms with Crippen molar-refractivity contribution in [2.75, 3.05) is 12.3 Å². The quantitative estimate of drug-likeness (QED) is 0.479. The molecule has 0 spiro atoms. The molecule has 0 atom stereocenters. The Hall–Kier alpha value is -1.66. The predicted octanol–water partition coefficient (Wildman–Crippen LogP) is 5.73. The largest absolute Gasteiger partial charge is 0.293 e. The SMILES string of the molecule is CCCCP(CCCC)c1nc2ccccc2n1-c1ccccc1. The van der Waals surface area contributed by atoms with Gasteiger partial charge >= 0.3 is 0 Å². The van der Waals surface area contributed by atoms with Crippen LogP contribution in [0.15, 0.2) is 54.6 Å². The van der Waals surface area contributed by atoms with E-state index in [4.69, 9.17) is 4.98 Å². The van der Waals surface area contributed by atoms with Crippen molar-refractivity contribution in [3.63, 3.8) is 0 Å². The van der Waals surface area contributed by atoms with Crippen LogP contribution in [0.4, 0.5) is 0 Å². The Morgan fingerprint density at radius 3 is 2.12 bits per heavy atom. The molecule has 0 radical (unpaired) electrons. The monoisotopic (exact) mass is 338 g/mol. The molecule has 0 saturated heterocycles. The van der Waals surface area contributed by atoms with E-state index in [9.17, 15) is 0 Å². The summed E-state index contributed by atoms with van der Waals surface area (Å²) in [7, 11) is -0.207. The second-order valence-corrected chi connectivity index (χ2v) is 8.64. The Morgan fingerprint density at radius 2 is 1.46 bits per heavy atom. The van der Waals surface area contributed by atoms with E-state index in [2.05, 4.69) is 73.0 Å². The molecule has 0 N–H and O–H groups in total. The average Bonchev–Trinajstić information content (AvgIpc) is 3.02. The van der Waals surface area contributed by atoms with Crippen molar-refractivity contribution in [3.8, 4) is 5.69 Å². The molecular formula is C21H27N2P. The number of benzene rings is 2. The van der Waals surface area contributed by atoms with Crippen LogP contribution >= 0.6 is 7.92 Å². The maximum atomic E-state index is 5.09. The standard InChI is InChI=1S/C21H27N2P/c1-3-5-16-24(17-6-4-2)21-22-19-14-10-11-15-20(19)23(21)18-12-8-7-9-13-18/h7-15H,3-6,16-17H2,1-2H3. The summed E-state index contributed by atoms with van der Waals surface area (Å²) in [5.74, 6) is 0. The zero-order valence-corrected chi connectivity index (χ0v) is 15.7. The number of hydrogen-bond acceptors (Lipinski definition) is 1. The van der Waals surface area contributed by atoms with Crippen LogP contribution < -0.4 is 5.57 Å². The van der Waals surface area contributed by atoms with E-state index in [0.717, 1.165) is 5.52 Å². The van der Waals surface area contributed by atoms with Crippen LogP contribution in [0.5, 0.6) is 0 Å².